The molecule has 1 fully saturated rings. The minimum absolute atomic E-state index is 0.246. The molecule has 1 saturated heterocycles. The van der Waals surface area contributed by atoms with Crippen molar-refractivity contribution in [1.82, 2.24) is 10.3 Å². The van der Waals surface area contributed by atoms with Crippen LogP contribution in [-0.2, 0) is 4.79 Å². The van der Waals surface area contributed by atoms with Gasteiger partial charge in [0.25, 0.3) is 0 Å². The van der Waals surface area contributed by atoms with E-state index < -0.39 is 22.6 Å². The Bertz CT molecular complexity index is 597. The first-order valence-corrected chi connectivity index (χ1v) is 5.80. The molecule has 0 saturated carbocycles. The van der Waals surface area contributed by atoms with Gasteiger partial charge in [-0.15, -0.1) is 0 Å². The molecule has 2 rings (SSSR count). The zero-order valence-corrected chi connectivity index (χ0v) is 10.3. The van der Waals surface area contributed by atoms with Gasteiger partial charge in [-0.2, -0.15) is 5.26 Å². The summed E-state index contributed by atoms with van der Waals surface area (Å²) in [6.07, 6.45) is 0. The van der Waals surface area contributed by atoms with Gasteiger partial charge in [0.2, 0.25) is 5.69 Å². The molecule has 104 valence electrons. The largest absolute Gasteiger partial charge is 0.480 e. The number of anilines is 1. The fourth-order valence-corrected chi connectivity index (χ4v) is 2.03. The van der Waals surface area contributed by atoms with Crippen LogP contribution in [0.25, 0.3) is 0 Å². The summed E-state index contributed by atoms with van der Waals surface area (Å²) in [6.45, 7) is 1.22. The van der Waals surface area contributed by atoms with Crippen molar-refractivity contribution >= 4 is 17.5 Å². The Labute approximate surface area is 113 Å². The van der Waals surface area contributed by atoms with E-state index in [0.29, 0.717) is 13.1 Å². The van der Waals surface area contributed by atoms with E-state index in [1.54, 1.807) is 6.07 Å². The summed E-state index contributed by atoms with van der Waals surface area (Å²) in [5.74, 6) is -0.767. The van der Waals surface area contributed by atoms with E-state index in [-0.39, 0.29) is 18.1 Å². The number of hydrogen-bond acceptors (Lipinski definition) is 7. The monoisotopic (exact) mass is 277 g/mol. The van der Waals surface area contributed by atoms with Crippen LogP contribution < -0.4 is 10.2 Å². The van der Waals surface area contributed by atoms with Gasteiger partial charge in [0.05, 0.1) is 4.92 Å². The molecule has 1 unspecified atom stereocenters. The topological polar surface area (TPSA) is 132 Å². The minimum atomic E-state index is -1.02. The molecule has 2 heterocycles. The number of carboxylic acids is 1. The standard InChI is InChI=1S/C11H11N5O4/c12-5-7-8(16(19)20)1-2-10(14-7)15-4-3-13-6-9(15)11(17)18/h1-2,9,13H,3-4,6H2,(H,17,18). The summed E-state index contributed by atoms with van der Waals surface area (Å²) in [4.78, 5) is 26.6. The van der Waals surface area contributed by atoms with Gasteiger partial charge >= 0.3 is 11.7 Å². The highest BCUT2D eigenvalue weighted by molar-refractivity contribution is 5.78. The van der Waals surface area contributed by atoms with Gasteiger partial charge in [-0.1, -0.05) is 0 Å². The van der Waals surface area contributed by atoms with Crippen molar-refractivity contribution in [3.05, 3.63) is 27.9 Å². The maximum absolute atomic E-state index is 11.2. The van der Waals surface area contributed by atoms with Crippen molar-refractivity contribution < 1.29 is 14.8 Å². The van der Waals surface area contributed by atoms with E-state index in [1.165, 1.54) is 17.0 Å². The van der Waals surface area contributed by atoms with Crippen LogP contribution in [0.2, 0.25) is 0 Å². The van der Waals surface area contributed by atoms with Gasteiger partial charge < -0.3 is 15.3 Å². The number of hydrogen-bond donors (Lipinski definition) is 2. The van der Waals surface area contributed by atoms with Crippen LogP contribution >= 0.6 is 0 Å². The third-order valence-corrected chi connectivity index (χ3v) is 2.98. The predicted octanol–water partition coefficient (Wildman–Crippen LogP) is -0.276. The Morgan fingerprint density at radius 1 is 1.65 bits per heavy atom. The predicted molar refractivity (Wildman–Crippen MR) is 67.2 cm³/mol. The lowest BCUT2D eigenvalue weighted by Gasteiger charge is -2.34. The fourth-order valence-electron chi connectivity index (χ4n) is 2.03. The molecular formula is C11H11N5O4. The zero-order chi connectivity index (χ0) is 14.7. The number of aliphatic carboxylic acids is 1. The molecule has 9 nitrogen and oxygen atoms in total. The highest BCUT2D eigenvalue weighted by Crippen LogP contribution is 2.22. The highest BCUT2D eigenvalue weighted by Gasteiger charge is 2.30. The first-order valence-electron chi connectivity index (χ1n) is 5.80. The number of carboxylic acid groups (broad SMARTS) is 1. The molecule has 1 aromatic heterocycles. The van der Waals surface area contributed by atoms with Crippen molar-refractivity contribution in [3.63, 3.8) is 0 Å². The van der Waals surface area contributed by atoms with E-state index in [0.717, 1.165) is 0 Å². The number of nitrogens with one attached hydrogen (secondary N) is 1. The molecule has 1 aliphatic rings. The number of nitriles is 1. The summed E-state index contributed by atoms with van der Waals surface area (Å²) in [6, 6.07) is 3.37. The molecule has 0 aliphatic carbocycles. The first kappa shape index (κ1) is 13.7. The Morgan fingerprint density at radius 2 is 2.40 bits per heavy atom. The molecule has 0 radical (unpaired) electrons. The molecule has 0 aromatic carbocycles. The normalized spacial score (nSPS) is 18.4. The van der Waals surface area contributed by atoms with E-state index in [2.05, 4.69) is 10.3 Å². The van der Waals surface area contributed by atoms with Crippen LogP contribution in [0.1, 0.15) is 5.69 Å². The van der Waals surface area contributed by atoms with Gasteiger partial charge in [0, 0.05) is 25.7 Å². The van der Waals surface area contributed by atoms with Crippen LogP contribution in [0.15, 0.2) is 12.1 Å². The Hall–Kier alpha value is -2.73. The molecule has 2 N–H and O–H groups in total. The summed E-state index contributed by atoms with van der Waals surface area (Å²) >= 11 is 0. The molecule has 0 bridgehead atoms. The molecule has 20 heavy (non-hydrogen) atoms. The Kier molecular flexibility index (Phi) is 3.76. The van der Waals surface area contributed by atoms with Crippen LogP contribution in [0, 0.1) is 21.4 Å². The maximum Gasteiger partial charge on any atom is 0.327 e. The Balaban J connectivity index is 2.39. The molecule has 0 spiro atoms. The number of aromatic nitrogens is 1. The van der Waals surface area contributed by atoms with Gasteiger partial charge in [-0.25, -0.2) is 9.78 Å². The van der Waals surface area contributed by atoms with Crippen molar-refractivity contribution in [2.45, 2.75) is 6.04 Å². The van der Waals surface area contributed by atoms with Crippen LogP contribution in [0.4, 0.5) is 11.5 Å². The minimum Gasteiger partial charge on any atom is -0.480 e. The summed E-state index contributed by atoms with van der Waals surface area (Å²) in [7, 11) is 0. The average Bonchev–Trinajstić information content (AvgIpc) is 2.46. The van der Waals surface area contributed by atoms with Gasteiger partial charge in [-0.05, 0) is 6.07 Å². The fraction of sp³-hybridized carbons (Fsp3) is 0.364. The highest BCUT2D eigenvalue weighted by atomic mass is 16.6. The molecule has 9 heteroatoms. The SMILES string of the molecule is N#Cc1nc(N2CCNCC2C(=O)O)ccc1[N+](=O)[O-]. The van der Waals surface area contributed by atoms with E-state index in [9.17, 15) is 14.9 Å². The van der Waals surface area contributed by atoms with Crippen LogP contribution in [0.3, 0.4) is 0 Å². The lowest BCUT2D eigenvalue weighted by atomic mass is 10.2. The molecule has 1 aromatic rings. The van der Waals surface area contributed by atoms with Crippen molar-refractivity contribution in [1.29, 1.82) is 5.26 Å². The van der Waals surface area contributed by atoms with Crippen LogP contribution in [-0.4, -0.2) is 46.7 Å². The number of nitrogens with zero attached hydrogens (tertiary/aromatic N) is 4. The summed E-state index contributed by atoms with van der Waals surface area (Å²) < 4.78 is 0. The number of piperazine rings is 1. The first-order chi connectivity index (χ1) is 9.54. The van der Waals surface area contributed by atoms with E-state index >= 15 is 0 Å². The summed E-state index contributed by atoms with van der Waals surface area (Å²) in [5, 5.41) is 31.7. The van der Waals surface area contributed by atoms with Gasteiger partial charge in [0.15, 0.2) is 0 Å². The lowest BCUT2D eigenvalue weighted by Crippen LogP contribution is -2.55. The van der Waals surface area contributed by atoms with E-state index in [1.807, 2.05) is 0 Å². The van der Waals surface area contributed by atoms with Gasteiger partial charge in [0.1, 0.15) is 17.9 Å². The number of pyridine rings is 1. The molecule has 1 aliphatic heterocycles. The Morgan fingerprint density at radius 3 is 3.00 bits per heavy atom. The number of nitro groups is 1. The van der Waals surface area contributed by atoms with Crippen LogP contribution in [0.5, 0.6) is 0 Å². The van der Waals surface area contributed by atoms with Crippen molar-refractivity contribution in [2.75, 3.05) is 24.5 Å². The van der Waals surface area contributed by atoms with Gasteiger partial charge in [-0.3, -0.25) is 10.1 Å². The zero-order valence-electron chi connectivity index (χ0n) is 10.3. The molecule has 1 atom stereocenters. The smallest absolute Gasteiger partial charge is 0.327 e. The van der Waals surface area contributed by atoms with Crippen molar-refractivity contribution in [3.8, 4) is 6.07 Å². The molecule has 0 amide bonds. The van der Waals surface area contributed by atoms with Crippen molar-refractivity contribution in [2.24, 2.45) is 0 Å². The quantitative estimate of drug-likeness (QED) is 0.569. The second kappa shape index (κ2) is 5.50. The number of rotatable bonds is 3. The second-order valence-electron chi connectivity index (χ2n) is 4.16. The second-order valence-corrected chi connectivity index (χ2v) is 4.16. The number of carbonyl (C=O) groups is 1. The summed E-state index contributed by atoms with van der Waals surface area (Å²) in [5.41, 5.74) is -0.714. The average molecular weight is 277 g/mol. The third kappa shape index (κ3) is 2.50. The molecular weight excluding hydrogens is 266 g/mol. The van der Waals surface area contributed by atoms with E-state index in [4.69, 9.17) is 10.4 Å². The lowest BCUT2D eigenvalue weighted by molar-refractivity contribution is -0.385. The maximum atomic E-state index is 11.2. The third-order valence-electron chi connectivity index (χ3n) is 2.98.